The molecule has 1 fully saturated rings. The molecule has 1 saturated heterocycles. The molecule has 0 aromatic rings. The van der Waals surface area contributed by atoms with Crippen molar-refractivity contribution in [3.8, 4) is 0 Å². The molecule has 0 spiro atoms. The number of hydrogen-bond acceptors (Lipinski definition) is 5. The Kier molecular flexibility index (Phi) is 8.25. The Morgan fingerprint density at radius 2 is 2.05 bits per heavy atom. The van der Waals surface area contributed by atoms with Crippen LogP contribution in [0.4, 0.5) is 0 Å². The molecule has 5 heteroatoms. The predicted octanol–water partition coefficient (Wildman–Crippen LogP) is 0.621. The van der Waals surface area contributed by atoms with E-state index in [-0.39, 0.29) is 13.2 Å². The maximum Gasteiger partial charge on any atom is 0.114 e. The SMILES string of the molecule is CCC/C=C/CCCO[C@H](CO)[C@@H]1OC[C@H](O)[C@@H]1O. The summed E-state index contributed by atoms with van der Waals surface area (Å²) < 4.78 is 10.8. The standard InChI is InChI=1S/C14H26O5/c1-2-3-4-5-6-7-8-18-12(9-15)14-13(17)11(16)10-19-14/h4-5,11-17H,2-3,6-10H2,1H3/b5-4+/t11-,12+,13-,14-/m0/s1. The van der Waals surface area contributed by atoms with E-state index in [1.807, 2.05) is 0 Å². The average Bonchev–Trinajstić information content (AvgIpc) is 2.74. The lowest BCUT2D eigenvalue weighted by Gasteiger charge is -2.24. The predicted molar refractivity (Wildman–Crippen MR) is 71.9 cm³/mol. The van der Waals surface area contributed by atoms with E-state index in [1.165, 1.54) is 0 Å². The van der Waals surface area contributed by atoms with Gasteiger partial charge in [-0.25, -0.2) is 0 Å². The van der Waals surface area contributed by atoms with Gasteiger partial charge in [0.1, 0.15) is 24.4 Å². The van der Waals surface area contributed by atoms with Crippen LogP contribution < -0.4 is 0 Å². The molecule has 1 aliphatic rings. The number of allylic oxidation sites excluding steroid dienone is 2. The van der Waals surface area contributed by atoms with Crippen LogP contribution in [0.15, 0.2) is 12.2 Å². The van der Waals surface area contributed by atoms with Crippen molar-refractivity contribution in [1.29, 1.82) is 0 Å². The third kappa shape index (κ3) is 5.58. The summed E-state index contributed by atoms with van der Waals surface area (Å²) in [7, 11) is 0. The van der Waals surface area contributed by atoms with Crippen LogP contribution in [-0.2, 0) is 9.47 Å². The van der Waals surface area contributed by atoms with Crippen molar-refractivity contribution in [2.45, 2.75) is 57.0 Å². The molecule has 0 bridgehead atoms. The molecule has 0 unspecified atom stereocenters. The minimum absolute atomic E-state index is 0.0887. The van der Waals surface area contributed by atoms with E-state index >= 15 is 0 Å². The van der Waals surface area contributed by atoms with Gasteiger partial charge in [0.25, 0.3) is 0 Å². The highest BCUT2D eigenvalue weighted by molar-refractivity contribution is 4.88. The second-order valence-electron chi connectivity index (χ2n) is 4.85. The van der Waals surface area contributed by atoms with Gasteiger partial charge in [0, 0.05) is 6.61 Å². The topological polar surface area (TPSA) is 79.2 Å². The Bertz CT molecular complexity index is 256. The van der Waals surface area contributed by atoms with Gasteiger partial charge in [-0.2, -0.15) is 0 Å². The summed E-state index contributed by atoms with van der Waals surface area (Å²) in [6.07, 6.45) is 5.24. The second-order valence-corrected chi connectivity index (χ2v) is 4.85. The molecule has 19 heavy (non-hydrogen) atoms. The van der Waals surface area contributed by atoms with Crippen LogP contribution in [0.3, 0.4) is 0 Å². The van der Waals surface area contributed by atoms with E-state index in [0.29, 0.717) is 6.61 Å². The lowest BCUT2D eigenvalue weighted by atomic mass is 10.1. The van der Waals surface area contributed by atoms with E-state index < -0.39 is 24.4 Å². The van der Waals surface area contributed by atoms with E-state index in [0.717, 1.165) is 25.7 Å². The summed E-state index contributed by atoms with van der Waals surface area (Å²) in [4.78, 5) is 0. The lowest BCUT2D eigenvalue weighted by molar-refractivity contribution is -0.101. The van der Waals surface area contributed by atoms with Crippen LogP contribution >= 0.6 is 0 Å². The first-order valence-corrected chi connectivity index (χ1v) is 7.05. The van der Waals surface area contributed by atoms with Crippen molar-refractivity contribution in [2.75, 3.05) is 19.8 Å². The third-order valence-corrected chi connectivity index (χ3v) is 3.21. The van der Waals surface area contributed by atoms with Crippen molar-refractivity contribution < 1.29 is 24.8 Å². The number of aliphatic hydroxyl groups is 3. The van der Waals surface area contributed by atoms with Gasteiger partial charge in [-0.05, 0) is 19.3 Å². The third-order valence-electron chi connectivity index (χ3n) is 3.21. The Labute approximate surface area is 114 Å². The normalized spacial score (nSPS) is 29.2. The smallest absolute Gasteiger partial charge is 0.114 e. The van der Waals surface area contributed by atoms with Crippen molar-refractivity contribution in [3.05, 3.63) is 12.2 Å². The van der Waals surface area contributed by atoms with Crippen LogP contribution in [0.1, 0.15) is 32.6 Å². The van der Waals surface area contributed by atoms with E-state index in [9.17, 15) is 15.3 Å². The fourth-order valence-electron chi connectivity index (χ4n) is 2.04. The van der Waals surface area contributed by atoms with Crippen molar-refractivity contribution in [3.63, 3.8) is 0 Å². The lowest BCUT2D eigenvalue weighted by Crippen LogP contribution is -2.42. The van der Waals surface area contributed by atoms with Gasteiger partial charge in [0.05, 0.1) is 13.2 Å². The Hall–Kier alpha value is -0.460. The molecule has 5 nitrogen and oxygen atoms in total. The summed E-state index contributed by atoms with van der Waals surface area (Å²) in [6, 6.07) is 0. The van der Waals surface area contributed by atoms with Crippen molar-refractivity contribution >= 4 is 0 Å². The number of rotatable bonds is 9. The fourth-order valence-corrected chi connectivity index (χ4v) is 2.04. The zero-order valence-corrected chi connectivity index (χ0v) is 11.6. The summed E-state index contributed by atoms with van der Waals surface area (Å²) in [5.74, 6) is 0. The molecule has 0 amide bonds. The maximum absolute atomic E-state index is 9.68. The number of unbranched alkanes of at least 4 members (excludes halogenated alkanes) is 2. The first-order chi connectivity index (χ1) is 9.20. The van der Waals surface area contributed by atoms with Crippen LogP contribution in [0.5, 0.6) is 0 Å². The molecule has 0 saturated carbocycles. The van der Waals surface area contributed by atoms with Gasteiger partial charge >= 0.3 is 0 Å². The number of ether oxygens (including phenoxy) is 2. The summed E-state index contributed by atoms with van der Waals surface area (Å²) in [5.41, 5.74) is 0. The minimum atomic E-state index is -0.985. The van der Waals surface area contributed by atoms with Crippen LogP contribution in [0.25, 0.3) is 0 Å². The van der Waals surface area contributed by atoms with E-state index in [1.54, 1.807) is 0 Å². The molecule has 0 radical (unpaired) electrons. The van der Waals surface area contributed by atoms with Gasteiger partial charge in [0.15, 0.2) is 0 Å². The van der Waals surface area contributed by atoms with Crippen LogP contribution in [-0.4, -0.2) is 59.6 Å². The molecule has 0 aromatic carbocycles. The van der Waals surface area contributed by atoms with Gasteiger partial charge in [0.2, 0.25) is 0 Å². The summed E-state index contributed by atoms with van der Waals surface area (Å²) >= 11 is 0. The molecule has 3 N–H and O–H groups in total. The van der Waals surface area contributed by atoms with Gasteiger partial charge in [-0.3, -0.25) is 0 Å². The molecule has 0 aliphatic carbocycles. The largest absolute Gasteiger partial charge is 0.394 e. The highest BCUT2D eigenvalue weighted by Crippen LogP contribution is 2.19. The van der Waals surface area contributed by atoms with Crippen molar-refractivity contribution in [1.82, 2.24) is 0 Å². The van der Waals surface area contributed by atoms with E-state index in [4.69, 9.17) is 9.47 Å². The Morgan fingerprint density at radius 3 is 2.63 bits per heavy atom. The first kappa shape index (κ1) is 16.6. The minimum Gasteiger partial charge on any atom is -0.394 e. The number of aliphatic hydroxyl groups excluding tert-OH is 3. The molecule has 1 aliphatic heterocycles. The number of hydrogen-bond donors (Lipinski definition) is 3. The average molecular weight is 274 g/mol. The summed E-state index contributed by atoms with van der Waals surface area (Å²) in [6.45, 7) is 2.51. The Morgan fingerprint density at radius 1 is 1.32 bits per heavy atom. The molecule has 4 atom stereocenters. The molecule has 1 heterocycles. The monoisotopic (exact) mass is 274 g/mol. The second kappa shape index (κ2) is 9.44. The highest BCUT2D eigenvalue weighted by Gasteiger charge is 2.40. The van der Waals surface area contributed by atoms with Gasteiger partial charge in [-0.15, -0.1) is 0 Å². The van der Waals surface area contributed by atoms with Crippen molar-refractivity contribution in [2.24, 2.45) is 0 Å². The molecule has 0 aromatic heterocycles. The molecular formula is C14H26O5. The highest BCUT2D eigenvalue weighted by atomic mass is 16.6. The molecule has 112 valence electrons. The fraction of sp³-hybridized carbons (Fsp3) is 0.857. The maximum atomic E-state index is 9.68. The summed E-state index contributed by atoms with van der Waals surface area (Å²) in [5, 5.41) is 28.3. The quantitative estimate of drug-likeness (QED) is 0.424. The zero-order valence-electron chi connectivity index (χ0n) is 11.6. The Balaban J connectivity index is 2.18. The van der Waals surface area contributed by atoms with E-state index in [2.05, 4.69) is 19.1 Å². The zero-order chi connectivity index (χ0) is 14.1. The first-order valence-electron chi connectivity index (χ1n) is 7.05. The molecule has 1 rings (SSSR count). The van der Waals surface area contributed by atoms with Gasteiger partial charge < -0.3 is 24.8 Å². The van der Waals surface area contributed by atoms with Crippen LogP contribution in [0.2, 0.25) is 0 Å². The van der Waals surface area contributed by atoms with Gasteiger partial charge in [-0.1, -0.05) is 25.5 Å². The van der Waals surface area contributed by atoms with Crippen LogP contribution in [0, 0.1) is 0 Å². The molecular weight excluding hydrogens is 248 g/mol.